The van der Waals surface area contributed by atoms with Crippen LogP contribution in [0.1, 0.15) is 18.9 Å². The van der Waals surface area contributed by atoms with Crippen LogP contribution in [0, 0.1) is 0 Å². The molecule has 1 saturated heterocycles. The molecule has 0 atom stereocenters. The average molecular weight is 409 g/mol. The molecule has 3 rings (SSSR count). The van der Waals surface area contributed by atoms with Crippen molar-refractivity contribution in [2.24, 2.45) is 4.99 Å². The van der Waals surface area contributed by atoms with Crippen molar-refractivity contribution < 1.29 is 4.79 Å². The van der Waals surface area contributed by atoms with E-state index in [2.05, 4.69) is 49.8 Å². The van der Waals surface area contributed by atoms with E-state index in [9.17, 15) is 4.79 Å². The number of rotatable bonds is 8. The Morgan fingerprint density at radius 1 is 1.03 bits per heavy atom. The first-order chi connectivity index (χ1) is 14.8. The fraction of sp³-hybridized carbons (Fsp3) is 0.435. The molecule has 30 heavy (non-hydrogen) atoms. The third kappa shape index (κ3) is 6.76. The maximum absolute atomic E-state index is 12.6. The van der Waals surface area contributed by atoms with Gasteiger partial charge in [-0.25, -0.2) is 4.98 Å². The fourth-order valence-corrected chi connectivity index (χ4v) is 3.46. The number of nitrogens with one attached hydrogen (secondary N) is 2. The lowest BCUT2D eigenvalue weighted by atomic mass is 10.1. The second kappa shape index (κ2) is 11.8. The predicted octanol–water partition coefficient (Wildman–Crippen LogP) is 1.92. The Kier molecular flexibility index (Phi) is 8.50. The first kappa shape index (κ1) is 21.6. The van der Waals surface area contributed by atoms with Gasteiger partial charge in [-0.3, -0.25) is 9.79 Å². The summed E-state index contributed by atoms with van der Waals surface area (Å²) in [6.07, 6.45) is 3.17. The zero-order valence-electron chi connectivity index (χ0n) is 17.8. The highest BCUT2D eigenvalue weighted by Crippen LogP contribution is 2.13. The first-order valence-corrected chi connectivity index (χ1v) is 10.8. The Morgan fingerprint density at radius 2 is 1.80 bits per heavy atom. The minimum atomic E-state index is 0.166. The van der Waals surface area contributed by atoms with Crippen LogP contribution in [0.4, 0.5) is 5.82 Å². The van der Waals surface area contributed by atoms with Crippen LogP contribution < -0.4 is 15.5 Å². The van der Waals surface area contributed by atoms with E-state index >= 15 is 0 Å². The lowest BCUT2D eigenvalue weighted by Crippen LogP contribution is -2.49. The number of amides is 1. The Morgan fingerprint density at radius 3 is 2.50 bits per heavy atom. The van der Waals surface area contributed by atoms with Gasteiger partial charge in [0.1, 0.15) is 5.82 Å². The Labute approximate surface area is 179 Å². The lowest BCUT2D eigenvalue weighted by molar-refractivity contribution is -0.131. The van der Waals surface area contributed by atoms with Crippen molar-refractivity contribution in [2.75, 3.05) is 50.7 Å². The molecule has 0 saturated carbocycles. The molecule has 2 aromatic rings. The molecule has 0 aliphatic carbocycles. The Bertz CT molecular complexity index is 788. The number of benzene rings is 1. The van der Waals surface area contributed by atoms with Crippen molar-refractivity contribution in [2.45, 2.75) is 19.8 Å². The molecule has 1 amide bonds. The molecule has 1 aromatic heterocycles. The second-order valence-corrected chi connectivity index (χ2v) is 7.23. The maximum atomic E-state index is 12.6. The SMILES string of the molecule is CCNC(=NCCC(=O)N1CCN(c2ccccn2)CC1)NCCc1ccccc1. The van der Waals surface area contributed by atoms with E-state index in [1.54, 1.807) is 6.20 Å². The van der Waals surface area contributed by atoms with E-state index in [-0.39, 0.29) is 5.91 Å². The summed E-state index contributed by atoms with van der Waals surface area (Å²) in [5.74, 6) is 1.91. The summed E-state index contributed by atoms with van der Waals surface area (Å²) in [4.78, 5) is 25.7. The van der Waals surface area contributed by atoms with Crippen molar-refractivity contribution in [3.63, 3.8) is 0 Å². The van der Waals surface area contributed by atoms with E-state index in [1.165, 1.54) is 5.56 Å². The number of pyridine rings is 1. The molecule has 0 radical (unpaired) electrons. The minimum absolute atomic E-state index is 0.166. The highest BCUT2D eigenvalue weighted by Gasteiger charge is 2.21. The van der Waals surface area contributed by atoms with E-state index in [0.29, 0.717) is 13.0 Å². The quantitative estimate of drug-likeness (QED) is 0.516. The second-order valence-electron chi connectivity index (χ2n) is 7.23. The average Bonchev–Trinajstić information content (AvgIpc) is 2.80. The highest BCUT2D eigenvalue weighted by atomic mass is 16.2. The summed E-state index contributed by atoms with van der Waals surface area (Å²) in [7, 11) is 0. The number of nitrogens with zero attached hydrogens (tertiary/aromatic N) is 4. The number of carbonyl (C=O) groups excluding carboxylic acids is 1. The number of aliphatic imine (C=N–C) groups is 1. The van der Waals surface area contributed by atoms with Gasteiger partial charge < -0.3 is 20.4 Å². The van der Waals surface area contributed by atoms with Crippen LogP contribution in [0.2, 0.25) is 0 Å². The summed E-state index contributed by atoms with van der Waals surface area (Å²) in [6.45, 7) is 7.22. The third-order valence-corrected chi connectivity index (χ3v) is 5.09. The molecule has 160 valence electrons. The summed E-state index contributed by atoms with van der Waals surface area (Å²) in [5.41, 5.74) is 1.29. The predicted molar refractivity (Wildman–Crippen MR) is 122 cm³/mol. The van der Waals surface area contributed by atoms with Crippen LogP contribution in [0.5, 0.6) is 0 Å². The zero-order chi connectivity index (χ0) is 21.0. The molecule has 7 nitrogen and oxygen atoms in total. The molecular weight excluding hydrogens is 376 g/mol. The zero-order valence-corrected chi connectivity index (χ0v) is 17.8. The van der Waals surface area contributed by atoms with Gasteiger partial charge in [-0.15, -0.1) is 0 Å². The topological polar surface area (TPSA) is 72.9 Å². The number of hydrogen-bond donors (Lipinski definition) is 2. The van der Waals surface area contributed by atoms with Gasteiger partial charge in [-0.1, -0.05) is 36.4 Å². The van der Waals surface area contributed by atoms with Gasteiger partial charge in [0, 0.05) is 51.9 Å². The summed E-state index contributed by atoms with van der Waals surface area (Å²) in [5, 5.41) is 6.59. The minimum Gasteiger partial charge on any atom is -0.357 e. The summed E-state index contributed by atoms with van der Waals surface area (Å²) >= 11 is 0. The molecular formula is C23H32N6O. The van der Waals surface area contributed by atoms with Crippen molar-refractivity contribution in [3.05, 3.63) is 60.3 Å². The standard InChI is InChI=1S/C23H32N6O/c1-2-24-23(26-14-11-20-8-4-3-5-9-20)27-15-12-22(30)29-18-16-28(17-19-29)21-10-6-7-13-25-21/h3-10,13H,2,11-12,14-19H2,1H3,(H2,24,26,27). The van der Waals surface area contributed by atoms with Gasteiger partial charge in [-0.05, 0) is 31.0 Å². The molecule has 0 unspecified atom stereocenters. The van der Waals surface area contributed by atoms with Crippen LogP contribution >= 0.6 is 0 Å². The van der Waals surface area contributed by atoms with E-state index in [4.69, 9.17) is 0 Å². The number of anilines is 1. The van der Waals surface area contributed by atoms with Crippen molar-refractivity contribution in [1.82, 2.24) is 20.5 Å². The van der Waals surface area contributed by atoms with Crippen LogP contribution in [0.3, 0.4) is 0 Å². The number of piperazine rings is 1. The highest BCUT2D eigenvalue weighted by molar-refractivity contribution is 5.81. The number of hydrogen-bond acceptors (Lipinski definition) is 4. The number of carbonyl (C=O) groups is 1. The van der Waals surface area contributed by atoms with Gasteiger partial charge in [0.2, 0.25) is 5.91 Å². The fourth-order valence-electron chi connectivity index (χ4n) is 3.46. The molecule has 2 N–H and O–H groups in total. The molecule has 1 fully saturated rings. The van der Waals surface area contributed by atoms with Crippen LogP contribution in [0.15, 0.2) is 59.7 Å². The Hall–Kier alpha value is -3.09. The normalized spacial score (nSPS) is 14.5. The van der Waals surface area contributed by atoms with Crippen molar-refractivity contribution in [3.8, 4) is 0 Å². The molecule has 1 aromatic carbocycles. The molecule has 0 spiro atoms. The maximum Gasteiger partial charge on any atom is 0.224 e. The molecule has 2 heterocycles. The monoisotopic (exact) mass is 408 g/mol. The van der Waals surface area contributed by atoms with Gasteiger partial charge in [0.15, 0.2) is 5.96 Å². The summed E-state index contributed by atoms with van der Waals surface area (Å²) in [6, 6.07) is 16.3. The Balaban J connectivity index is 1.39. The summed E-state index contributed by atoms with van der Waals surface area (Å²) < 4.78 is 0. The molecule has 7 heteroatoms. The molecule has 1 aliphatic rings. The van der Waals surface area contributed by atoms with Crippen LogP contribution in [0.25, 0.3) is 0 Å². The number of aromatic nitrogens is 1. The lowest BCUT2D eigenvalue weighted by Gasteiger charge is -2.35. The van der Waals surface area contributed by atoms with Gasteiger partial charge in [-0.2, -0.15) is 0 Å². The third-order valence-electron chi connectivity index (χ3n) is 5.09. The van der Waals surface area contributed by atoms with Gasteiger partial charge in [0.25, 0.3) is 0 Å². The van der Waals surface area contributed by atoms with E-state index in [1.807, 2.05) is 36.1 Å². The van der Waals surface area contributed by atoms with E-state index < -0.39 is 0 Å². The van der Waals surface area contributed by atoms with Crippen LogP contribution in [-0.2, 0) is 11.2 Å². The smallest absolute Gasteiger partial charge is 0.224 e. The number of guanidine groups is 1. The van der Waals surface area contributed by atoms with Gasteiger partial charge in [0.05, 0.1) is 6.54 Å². The van der Waals surface area contributed by atoms with Crippen LogP contribution in [-0.4, -0.2) is 67.6 Å². The van der Waals surface area contributed by atoms with Crippen molar-refractivity contribution >= 4 is 17.7 Å². The van der Waals surface area contributed by atoms with E-state index in [0.717, 1.165) is 57.5 Å². The largest absolute Gasteiger partial charge is 0.357 e. The molecule has 0 bridgehead atoms. The van der Waals surface area contributed by atoms with Crippen molar-refractivity contribution in [1.29, 1.82) is 0 Å². The first-order valence-electron chi connectivity index (χ1n) is 10.8. The van der Waals surface area contributed by atoms with Gasteiger partial charge >= 0.3 is 0 Å². The molecule has 1 aliphatic heterocycles.